The third-order valence-electron chi connectivity index (χ3n) is 4.81. The summed E-state index contributed by atoms with van der Waals surface area (Å²) in [6.45, 7) is 1.81. The molecule has 1 fully saturated rings. The number of carbonyl (C=O) groups is 1. The van der Waals surface area contributed by atoms with Crippen molar-refractivity contribution >= 4 is 16.8 Å². The smallest absolute Gasteiger partial charge is 0.256 e. The lowest BCUT2D eigenvalue weighted by molar-refractivity contribution is 0.0839. The van der Waals surface area contributed by atoms with Crippen LogP contribution in [0.15, 0.2) is 23.1 Å². The van der Waals surface area contributed by atoms with E-state index < -0.39 is 23.3 Å². The molecule has 1 aliphatic carbocycles. The maximum atomic E-state index is 13.6. The molecular weight excluding hydrogens is 311 g/mol. The van der Waals surface area contributed by atoms with E-state index in [2.05, 4.69) is 10.3 Å². The van der Waals surface area contributed by atoms with Gasteiger partial charge < -0.3 is 15.4 Å². The van der Waals surface area contributed by atoms with Crippen molar-refractivity contribution < 1.29 is 14.3 Å². The predicted molar refractivity (Wildman–Crippen MR) is 89.6 cm³/mol. The van der Waals surface area contributed by atoms with E-state index in [0.717, 1.165) is 31.7 Å². The highest BCUT2D eigenvalue weighted by atomic mass is 19.1. The van der Waals surface area contributed by atoms with Crippen molar-refractivity contribution in [1.29, 1.82) is 0 Å². The number of amides is 1. The molecule has 0 spiro atoms. The topological polar surface area (TPSA) is 82.2 Å². The van der Waals surface area contributed by atoms with Crippen LogP contribution in [0.1, 0.15) is 41.6 Å². The second-order valence-electron chi connectivity index (χ2n) is 6.50. The molecule has 3 rings (SSSR count). The fourth-order valence-electron chi connectivity index (χ4n) is 3.44. The molecule has 2 aromatic rings. The number of aliphatic hydroxyl groups excluding tert-OH is 1. The highest BCUT2D eigenvalue weighted by Gasteiger charge is 2.24. The molecule has 1 atom stereocenters. The molecule has 0 saturated heterocycles. The number of fused-ring (bicyclic) bond motifs is 1. The fraction of sp³-hybridized carbons (Fsp3) is 0.444. The van der Waals surface area contributed by atoms with Crippen LogP contribution in [0, 0.1) is 18.7 Å². The molecule has 0 bridgehead atoms. The maximum absolute atomic E-state index is 13.6. The summed E-state index contributed by atoms with van der Waals surface area (Å²) in [5.74, 6) is -0.867. The first-order valence-electron chi connectivity index (χ1n) is 8.25. The summed E-state index contributed by atoms with van der Waals surface area (Å²) < 4.78 is 13.6. The van der Waals surface area contributed by atoms with Gasteiger partial charge in [0.15, 0.2) is 0 Å². The number of rotatable bonds is 4. The van der Waals surface area contributed by atoms with Crippen molar-refractivity contribution in [3.8, 4) is 0 Å². The van der Waals surface area contributed by atoms with Crippen molar-refractivity contribution in [2.24, 2.45) is 5.92 Å². The Morgan fingerprint density at radius 3 is 2.83 bits per heavy atom. The first kappa shape index (κ1) is 16.6. The summed E-state index contributed by atoms with van der Waals surface area (Å²) >= 11 is 0. The number of carbonyl (C=O) groups excluding carboxylic acids is 1. The minimum absolute atomic E-state index is 0.0777. The minimum Gasteiger partial charge on any atom is -0.391 e. The number of H-pyrrole nitrogens is 1. The molecule has 0 aliphatic heterocycles. The molecule has 1 aliphatic rings. The van der Waals surface area contributed by atoms with E-state index in [-0.39, 0.29) is 23.4 Å². The van der Waals surface area contributed by atoms with Gasteiger partial charge in [-0.05, 0) is 43.4 Å². The molecule has 1 aromatic carbocycles. The van der Waals surface area contributed by atoms with E-state index >= 15 is 0 Å². The van der Waals surface area contributed by atoms with Crippen LogP contribution in [0.5, 0.6) is 0 Å². The molecule has 1 unspecified atom stereocenters. The van der Waals surface area contributed by atoms with Crippen molar-refractivity contribution in [3.05, 3.63) is 45.5 Å². The standard InChI is InChI=1S/C18H21FN2O3/c1-10-6-12(19)7-13-16(10)20-8-14(17(13)23)18(24)21-9-15(22)11-4-2-3-5-11/h6-8,11,15,22H,2-5,9H2,1H3,(H,20,23)(H,21,24). The number of aliphatic hydroxyl groups is 1. The average Bonchev–Trinajstić information content (AvgIpc) is 3.08. The highest BCUT2D eigenvalue weighted by Crippen LogP contribution is 2.27. The van der Waals surface area contributed by atoms with Gasteiger partial charge in [-0.3, -0.25) is 9.59 Å². The van der Waals surface area contributed by atoms with Gasteiger partial charge in [-0.25, -0.2) is 4.39 Å². The van der Waals surface area contributed by atoms with Crippen LogP contribution >= 0.6 is 0 Å². The Morgan fingerprint density at radius 1 is 1.42 bits per heavy atom. The first-order valence-corrected chi connectivity index (χ1v) is 8.25. The Labute approximate surface area is 138 Å². The van der Waals surface area contributed by atoms with Crippen molar-refractivity contribution in [2.75, 3.05) is 6.54 Å². The molecule has 1 heterocycles. The quantitative estimate of drug-likeness (QED) is 0.803. The van der Waals surface area contributed by atoms with Gasteiger partial charge in [-0.1, -0.05) is 12.8 Å². The number of aryl methyl sites for hydroxylation is 1. The van der Waals surface area contributed by atoms with Gasteiger partial charge in [0.25, 0.3) is 5.91 Å². The van der Waals surface area contributed by atoms with Gasteiger partial charge >= 0.3 is 0 Å². The van der Waals surface area contributed by atoms with Gasteiger partial charge in [-0.15, -0.1) is 0 Å². The lowest BCUT2D eigenvalue weighted by atomic mass is 10.0. The zero-order valence-corrected chi connectivity index (χ0v) is 13.6. The molecule has 3 N–H and O–H groups in total. The Morgan fingerprint density at radius 2 is 2.12 bits per heavy atom. The molecule has 0 radical (unpaired) electrons. The summed E-state index contributed by atoms with van der Waals surface area (Å²) in [4.78, 5) is 27.6. The number of hydrogen-bond acceptors (Lipinski definition) is 3. The second kappa shape index (κ2) is 6.73. The Bertz CT molecular complexity index is 825. The number of halogens is 1. The summed E-state index contributed by atoms with van der Waals surface area (Å²) in [5.41, 5.74) is 0.528. The van der Waals surface area contributed by atoms with Gasteiger partial charge in [0.05, 0.1) is 11.6 Å². The number of nitrogens with one attached hydrogen (secondary N) is 2. The molecular formula is C18H21FN2O3. The zero-order chi connectivity index (χ0) is 17.3. The van der Waals surface area contributed by atoms with E-state index in [4.69, 9.17) is 0 Å². The fourth-order valence-corrected chi connectivity index (χ4v) is 3.44. The molecule has 128 valence electrons. The average molecular weight is 332 g/mol. The van der Waals surface area contributed by atoms with Crippen LogP contribution in [-0.2, 0) is 0 Å². The van der Waals surface area contributed by atoms with Crippen molar-refractivity contribution in [2.45, 2.75) is 38.7 Å². The van der Waals surface area contributed by atoms with Crippen LogP contribution < -0.4 is 10.7 Å². The Balaban J connectivity index is 1.80. The minimum atomic E-state index is -0.601. The monoisotopic (exact) mass is 332 g/mol. The molecule has 24 heavy (non-hydrogen) atoms. The molecule has 1 saturated carbocycles. The third kappa shape index (κ3) is 3.19. The molecule has 6 heteroatoms. The molecule has 1 amide bonds. The second-order valence-corrected chi connectivity index (χ2v) is 6.50. The lowest BCUT2D eigenvalue weighted by Crippen LogP contribution is -2.37. The molecule has 5 nitrogen and oxygen atoms in total. The number of hydrogen-bond donors (Lipinski definition) is 3. The predicted octanol–water partition coefficient (Wildman–Crippen LogP) is 2.26. The van der Waals surface area contributed by atoms with Gasteiger partial charge in [0, 0.05) is 18.1 Å². The van der Waals surface area contributed by atoms with Crippen LogP contribution in [0.3, 0.4) is 0 Å². The number of aromatic nitrogens is 1. The largest absolute Gasteiger partial charge is 0.391 e. The zero-order valence-electron chi connectivity index (χ0n) is 13.6. The van der Waals surface area contributed by atoms with Gasteiger partial charge in [0.1, 0.15) is 11.4 Å². The van der Waals surface area contributed by atoms with Gasteiger partial charge in [-0.2, -0.15) is 0 Å². The first-order chi connectivity index (χ1) is 11.5. The summed E-state index contributed by atoms with van der Waals surface area (Å²) in [6.07, 6.45) is 4.87. The van der Waals surface area contributed by atoms with Crippen molar-refractivity contribution in [3.63, 3.8) is 0 Å². The maximum Gasteiger partial charge on any atom is 0.256 e. The van der Waals surface area contributed by atoms with Crippen LogP contribution in [0.4, 0.5) is 4.39 Å². The van der Waals surface area contributed by atoms with Crippen LogP contribution in [-0.4, -0.2) is 28.6 Å². The summed E-state index contributed by atoms with van der Waals surface area (Å²) in [5, 5.41) is 12.9. The third-order valence-corrected chi connectivity index (χ3v) is 4.81. The molecule has 1 aromatic heterocycles. The normalized spacial score (nSPS) is 16.5. The van der Waals surface area contributed by atoms with Crippen LogP contribution in [0.25, 0.3) is 10.9 Å². The van der Waals surface area contributed by atoms with Crippen molar-refractivity contribution in [1.82, 2.24) is 10.3 Å². The highest BCUT2D eigenvalue weighted by molar-refractivity contribution is 5.97. The number of aromatic amines is 1. The Hall–Kier alpha value is -2.21. The lowest BCUT2D eigenvalue weighted by Gasteiger charge is -2.18. The Kier molecular flexibility index (Phi) is 4.66. The van der Waals surface area contributed by atoms with E-state index in [1.807, 2.05) is 0 Å². The van der Waals surface area contributed by atoms with E-state index in [1.165, 1.54) is 12.3 Å². The van der Waals surface area contributed by atoms with Gasteiger partial charge in [0.2, 0.25) is 5.43 Å². The van der Waals surface area contributed by atoms with E-state index in [1.54, 1.807) is 6.92 Å². The number of benzene rings is 1. The number of pyridine rings is 1. The summed E-state index contributed by atoms with van der Waals surface area (Å²) in [7, 11) is 0. The van der Waals surface area contributed by atoms with E-state index in [9.17, 15) is 19.1 Å². The summed E-state index contributed by atoms with van der Waals surface area (Å²) in [6, 6.07) is 2.46. The van der Waals surface area contributed by atoms with E-state index in [0.29, 0.717) is 11.1 Å². The SMILES string of the molecule is Cc1cc(F)cc2c(=O)c(C(=O)NCC(O)C3CCCC3)c[nH]c12. The van der Waals surface area contributed by atoms with Crippen LogP contribution in [0.2, 0.25) is 0 Å².